The monoisotopic (exact) mass is 400 g/mol. The molecule has 0 fully saturated rings. The molecule has 0 aromatic rings. The summed E-state index contributed by atoms with van der Waals surface area (Å²) in [6.07, 6.45) is 8.25. The minimum absolute atomic E-state index is 0.00177. The lowest BCUT2D eigenvalue weighted by molar-refractivity contribution is -0.145. The SMILES string of the molecule is C=C.CC.CCC(CCCCCOC(C)(C)CC)CCOC(=O)CCC(C)=O. The Labute approximate surface area is 175 Å². The van der Waals surface area contributed by atoms with Crippen molar-refractivity contribution in [3.63, 3.8) is 0 Å². The van der Waals surface area contributed by atoms with Crippen LogP contribution in [0.5, 0.6) is 0 Å². The molecule has 4 nitrogen and oxygen atoms in total. The van der Waals surface area contributed by atoms with Crippen molar-refractivity contribution in [2.24, 2.45) is 5.92 Å². The molecule has 168 valence electrons. The summed E-state index contributed by atoms with van der Waals surface area (Å²) in [6, 6.07) is 0. The molecule has 4 heteroatoms. The van der Waals surface area contributed by atoms with Gasteiger partial charge in [-0.1, -0.05) is 53.4 Å². The molecule has 1 unspecified atom stereocenters. The second-order valence-electron chi connectivity index (χ2n) is 7.30. The number of unbranched alkanes of at least 4 members (excludes halogenated alkanes) is 2. The molecule has 0 N–H and O–H groups in total. The summed E-state index contributed by atoms with van der Waals surface area (Å²) in [5.41, 5.74) is -0.00177. The van der Waals surface area contributed by atoms with Crippen molar-refractivity contribution in [3.8, 4) is 0 Å². The van der Waals surface area contributed by atoms with Crippen LogP contribution in [0, 0.1) is 5.92 Å². The predicted octanol–water partition coefficient (Wildman–Crippen LogP) is 6.91. The molecule has 0 amide bonds. The van der Waals surface area contributed by atoms with Gasteiger partial charge in [-0.2, -0.15) is 0 Å². The minimum atomic E-state index is -0.254. The molecule has 0 radical (unpaired) electrons. The van der Waals surface area contributed by atoms with Gasteiger partial charge >= 0.3 is 5.97 Å². The van der Waals surface area contributed by atoms with Crippen molar-refractivity contribution >= 4 is 11.8 Å². The van der Waals surface area contributed by atoms with Crippen LogP contribution in [-0.4, -0.2) is 30.6 Å². The first-order chi connectivity index (χ1) is 13.3. The number of ketones is 1. The number of rotatable bonds is 15. The van der Waals surface area contributed by atoms with Crippen molar-refractivity contribution in [3.05, 3.63) is 13.2 Å². The highest BCUT2D eigenvalue weighted by atomic mass is 16.5. The Balaban J connectivity index is -0.00000146. The van der Waals surface area contributed by atoms with Crippen molar-refractivity contribution in [2.75, 3.05) is 13.2 Å². The molecule has 0 saturated carbocycles. The summed E-state index contributed by atoms with van der Waals surface area (Å²) in [7, 11) is 0. The molecule has 0 aromatic carbocycles. The fourth-order valence-corrected chi connectivity index (χ4v) is 2.40. The lowest BCUT2D eigenvalue weighted by atomic mass is 9.95. The average molecular weight is 401 g/mol. The maximum absolute atomic E-state index is 11.5. The van der Waals surface area contributed by atoms with E-state index in [1.165, 1.54) is 26.2 Å². The highest BCUT2D eigenvalue weighted by Crippen LogP contribution is 2.19. The van der Waals surface area contributed by atoms with Crippen molar-refractivity contribution in [2.45, 2.75) is 112 Å². The molecule has 0 aliphatic carbocycles. The number of hydrogen-bond acceptors (Lipinski definition) is 4. The van der Waals surface area contributed by atoms with Crippen LogP contribution in [0.3, 0.4) is 0 Å². The smallest absolute Gasteiger partial charge is 0.306 e. The van der Waals surface area contributed by atoms with Crippen LogP contribution in [0.4, 0.5) is 0 Å². The maximum Gasteiger partial charge on any atom is 0.306 e. The van der Waals surface area contributed by atoms with E-state index in [0.717, 1.165) is 32.3 Å². The van der Waals surface area contributed by atoms with Crippen molar-refractivity contribution < 1.29 is 19.1 Å². The van der Waals surface area contributed by atoms with Gasteiger partial charge in [-0.3, -0.25) is 4.79 Å². The van der Waals surface area contributed by atoms with Crippen LogP contribution < -0.4 is 0 Å². The van der Waals surface area contributed by atoms with Gasteiger partial charge in [-0.05, 0) is 46.0 Å². The molecule has 0 bridgehead atoms. The van der Waals surface area contributed by atoms with Gasteiger partial charge in [-0.15, -0.1) is 13.2 Å². The van der Waals surface area contributed by atoms with Crippen LogP contribution in [0.2, 0.25) is 0 Å². The topological polar surface area (TPSA) is 52.6 Å². The van der Waals surface area contributed by atoms with E-state index in [9.17, 15) is 9.59 Å². The first-order valence-electron chi connectivity index (χ1n) is 11.1. The fourth-order valence-electron chi connectivity index (χ4n) is 2.40. The van der Waals surface area contributed by atoms with E-state index < -0.39 is 0 Å². The number of carbonyl (C=O) groups is 2. The number of hydrogen-bond donors (Lipinski definition) is 0. The maximum atomic E-state index is 11.5. The Hall–Kier alpha value is -1.16. The normalized spacial score (nSPS) is 11.4. The van der Waals surface area contributed by atoms with E-state index in [0.29, 0.717) is 12.5 Å². The molecule has 0 rings (SSSR count). The van der Waals surface area contributed by atoms with E-state index in [4.69, 9.17) is 9.47 Å². The van der Waals surface area contributed by atoms with E-state index in [1.807, 2.05) is 13.8 Å². The third-order valence-corrected chi connectivity index (χ3v) is 4.65. The summed E-state index contributed by atoms with van der Waals surface area (Å²) in [5, 5.41) is 0. The molecular weight excluding hydrogens is 352 g/mol. The Kier molecular flexibility index (Phi) is 24.9. The number of ether oxygens (including phenoxy) is 2. The van der Waals surface area contributed by atoms with Gasteiger partial charge in [0.25, 0.3) is 0 Å². The van der Waals surface area contributed by atoms with Gasteiger partial charge in [-0.25, -0.2) is 0 Å². The van der Waals surface area contributed by atoms with Gasteiger partial charge in [0.2, 0.25) is 0 Å². The van der Waals surface area contributed by atoms with Gasteiger partial charge in [0.15, 0.2) is 0 Å². The van der Waals surface area contributed by atoms with Crippen LogP contribution in [-0.2, 0) is 19.1 Å². The van der Waals surface area contributed by atoms with Crippen LogP contribution in [0.1, 0.15) is 106 Å². The molecule has 0 spiro atoms. The van der Waals surface area contributed by atoms with Crippen molar-refractivity contribution in [1.29, 1.82) is 0 Å². The van der Waals surface area contributed by atoms with Gasteiger partial charge < -0.3 is 14.3 Å². The van der Waals surface area contributed by atoms with E-state index >= 15 is 0 Å². The molecule has 0 saturated heterocycles. The molecule has 0 aromatic heterocycles. The average Bonchev–Trinajstić information content (AvgIpc) is 2.70. The minimum Gasteiger partial charge on any atom is -0.466 e. The fraction of sp³-hybridized carbons (Fsp3) is 0.833. The summed E-state index contributed by atoms with van der Waals surface area (Å²) >= 11 is 0. The molecular formula is C24H48O4. The predicted molar refractivity (Wildman–Crippen MR) is 121 cm³/mol. The number of carbonyl (C=O) groups excluding carboxylic acids is 2. The zero-order chi connectivity index (χ0) is 22.4. The summed E-state index contributed by atoms with van der Waals surface area (Å²) in [4.78, 5) is 22.3. The summed E-state index contributed by atoms with van der Waals surface area (Å²) in [5.74, 6) is 0.388. The molecule has 28 heavy (non-hydrogen) atoms. The number of esters is 1. The molecule has 0 aliphatic heterocycles. The highest BCUT2D eigenvalue weighted by molar-refractivity contribution is 5.80. The molecule has 0 aliphatic rings. The van der Waals surface area contributed by atoms with Crippen LogP contribution in [0.15, 0.2) is 13.2 Å². The quantitative estimate of drug-likeness (QED) is 0.170. The third-order valence-electron chi connectivity index (χ3n) is 4.65. The summed E-state index contributed by atoms with van der Waals surface area (Å²) in [6.45, 7) is 21.4. The van der Waals surface area contributed by atoms with E-state index in [-0.39, 0.29) is 30.2 Å². The van der Waals surface area contributed by atoms with Crippen LogP contribution in [0.25, 0.3) is 0 Å². The van der Waals surface area contributed by atoms with E-state index in [1.54, 1.807) is 0 Å². The standard InChI is InChI=1S/C20H38O4.C2H6.C2H4/c1-6-18(14-16-23-19(22)13-12-17(3)21)11-9-8-10-15-24-20(4,5)7-2;2*1-2/h18H,6-16H2,1-5H3;1-2H3;1-2H2. The van der Waals surface area contributed by atoms with Gasteiger partial charge in [0.05, 0.1) is 18.6 Å². The van der Waals surface area contributed by atoms with E-state index in [2.05, 4.69) is 40.9 Å². The Bertz CT molecular complexity index is 364. The van der Waals surface area contributed by atoms with Gasteiger partial charge in [0.1, 0.15) is 5.78 Å². The first-order valence-corrected chi connectivity index (χ1v) is 11.1. The Morgan fingerprint density at radius 3 is 2.04 bits per heavy atom. The Morgan fingerprint density at radius 2 is 1.54 bits per heavy atom. The Morgan fingerprint density at radius 1 is 0.929 bits per heavy atom. The second-order valence-corrected chi connectivity index (χ2v) is 7.30. The summed E-state index contributed by atoms with van der Waals surface area (Å²) < 4.78 is 11.1. The van der Waals surface area contributed by atoms with Crippen molar-refractivity contribution in [1.82, 2.24) is 0 Å². The lowest BCUT2D eigenvalue weighted by Gasteiger charge is -2.23. The van der Waals surface area contributed by atoms with Crippen LogP contribution >= 0.6 is 0 Å². The molecule has 0 heterocycles. The third kappa shape index (κ3) is 22.9. The zero-order valence-electron chi connectivity index (χ0n) is 19.9. The second kappa shape index (κ2) is 22.1. The molecule has 1 atom stereocenters. The highest BCUT2D eigenvalue weighted by Gasteiger charge is 2.14. The largest absolute Gasteiger partial charge is 0.466 e. The zero-order valence-corrected chi connectivity index (χ0v) is 19.9. The number of Topliss-reactive ketones (excluding diaryl/α,β-unsaturated/α-hetero) is 1. The lowest BCUT2D eigenvalue weighted by Crippen LogP contribution is -2.23. The first kappa shape index (κ1) is 31.5. The van der Waals surface area contributed by atoms with Gasteiger partial charge in [0, 0.05) is 13.0 Å².